The summed E-state index contributed by atoms with van der Waals surface area (Å²) in [5.41, 5.74) is 0.818. The molecule has 1 aromatic heterocycles. The second-order valence-corrected chi connectivity index (χ2v) is 7.60. The Morgan fingerprint density at radius 2 is 1.93 bits per heavy atom. The predicted molar refractivity (Wildman–Crippen MR) is 116 cm³/mol. The van der Waals surface area contributed by atoms with Crippen molar-refractivity contribution in [1.82, 2.24) is 10.6 Å². The van der Waals surface area contributed by atoms with Crippen LogP contribution in [0.3, 0.4) is 0 Å². The number of aliphatic hydroxyl groups is 1. The zero-order valence-corrected chi connectivity index (χ0v) is 17.7. The Hall–Kier alpha value is -2.12. The summed E-state index contributed by atoms with van der Waals surface area (Å²) in [6.07, 6.45) is 3.98. The molecule has 6 nitrogen and oxygen atoms in total. The number of thioether (sulfide) groups is 1. The summed E-state index contributed by atoms with van der Waals surface area (Å²) in [5, 5.41) is 17.1. The van der Waals surface area contributed by atoms with E-state index < -0.39 is 6.10 Å². The SMILES string of the molecule is CSCCNC(=NCC(O)c1ccc(OC(C)C)cc1)NCCc1ccco1. The van der Waals surface area contributed by atoms with Gasteiger partial charge in [-0.3, -0.25) is 4.99 Å². The van der Waals surface area contributed by atoms with Crippen molar-refractivity contribution in [2.24, 2.45) is 4.99 Å². The zero-order chi connectivity index (χ0) is 20.2. The lowest BCUT2D eigenvalue weighted by Crippen LogP contribution is -2.39. The Balaban J connectivity index is 1.89. The molecular formula is C21H31N3O3S. The van der Waals surface area contributed by atoms with Crippen LogP contribution < -0.4 is 15.4 Å². The van der Waals surface area contributed by atoms with E-state index >= 15 is 0 Å². The maximum absolute atomic E-state index is 10.5. The minimum absolute atomic E-state index is 0.127. The molecule has 0 spiro atoms. The minimum Gasteiger partial charge on any atom is -0.491 e. The molecule has 1 atom stereocenters. The lowest BCUT2D eigenvalue weighted by Gasteiger charge is -2.14. The number of nitrogens with one attached hydrogen (secondary N) is 2. The number of rotatable bonds is 11. The summed E-state index contributed by atoms with van der Waals surface area (Å²) in [4.78, 5) is 4.53. The highest BCUT2D eigenvalue weighted by Gasteiger charge is 2.09. The first-order valence-corrected chi connectivity index (χ1v) is 11.0. The average Bonchev–Trinajstić information content (AvgIpc) is 3.19. The van der Waals surface area contributed by atoms with Crippen LogP contribution in [0.4, 0.5) is 0 Å². The first-order valence-electron chi connectivity index (χ1n) is 9.56. The highest BCUT2D eigenvalue weighted by Crippen LogP contribution is 2.19. The van der Waals surface area contributed by atoms with Crippen LogP contribution in [-0.4, -0.2) is 48.8 Å². The first kappa shape index (κ1) is 22.2. The lowest BCUT2D eigenvalue weighted by atomic mass is 10.1. The molecule has 0 aliphatic heterocycles. The van der Waals surface area contributed by atoms with Crippen molar-refractivity contribution < 1.29 is 14.3 Å². The molecule has 0 aliphatic carbocycles. The Kier molecular flexibility index (Phi) is 9.79. The summed E-state index contributed by atoms with van der Waals surface area (Å²) in [5.74, 6) is 3.41. The van der Waals surface area contributed by atoms with E-state index in [1.54, 1.807) is 18.0 Å². The summed E-state index contributed by atoms with van der Waals surface area (Å²) < 4.78 is 11.0. The number of ether oxygens (including phenoxy) is 1. The van der Waals surface area contributed by atoms with Crippen LogP contribution >= 0.6 is 11.8 Å². The van der Waals surface area contributed by atoms with Gasteiger partial charge in [0.15, 0.2) is 5.96 Å². The van der Waals surface area contributed by atoms with Gasteiger partial charge in [-0.15, -0.1) is 0 Å². The Morgan fingerprint density at radius 1 is 1.18 bits per heavy atom. The van der Waals surface area contributed by atoms with E-state index in [-0.39, 0.29) is 12.6 Å². The maximum Gasteiger partial charge on any atom is 0.191 e. The molecule has 0 bridgehead atoms. The second kappa shape index (κ2) is 12.4. The molecule has 0 aliphatic rings. The fraction of sp³-hybridized carbons (Fsp3) is 0.476. The minimum atomic E-state index is -0.669. The molecule has 154 valence electrons. The molecule has 0 saturated carbocycles. The number of aliphatic hydroxyl groups excluding tert-OH is 1. The highest BCUT2D eigenvalue weighted by atomic mass is 32.2. The third-order valence-electron chi connectivity index (χ3n) is 3.90. The monoisotopic (exact) mass is 405 g/mol. The Labute approximate surface area is 171 Å². The van der Waals surface area contributed by atoms with Crippen molar-refractivity contribution >= 4 is 17.7 Å². The Morgan fingerprint density at radius 3 is 2.57 bits per heavy atom. The molecule has 2 aromatic rings. The number of hydrogen-bond donors (Lipinski definition) is 3. The zero-order valence-electron chi connectivity index (χ0n) is 16.9. The van der Waals surface area contributed by atoms with E-state index in [0.29, 0.717) is 12.5 Å². The van der Waals surface area contributed by atoms with Crippen molar-refractivity contribution in [3.05, 3.63) is 54.0 Å². The van der Waals surface area contributed by atoms with Gasteiger partial charge in [0.25, 0.3) is 0 Å². The Bertz CT molecular complexity index is 687. The molecular weight excluding hydrogens is 374 g/mol. The van der Waals surface area contributed by atoms with Crippen LogP contribution in [0, 0.1) is 0 Å². The van der Waals surface area contributed by atoms with Crippen LogP contribution in [0.25, 0.3) is 0 Å². The van der Waals surface area contributed by atoms with Crippen molar-refractivity contribution in [3.8, 4) is 5.75 Å². The fourth-order valence-corrected chi connectivity index (χ4v) is 2.83. The van der Waals surface area contributed by atoms with Crippen molar-refractivity contribution in [2.45, 2.75) is 32.5 Å². The van der Waals surface area contributed by atoms with E-state index in [1.807, 2.05) is 50.2 Å². The maximum atomic E-state index is 10.5. The van der Waals surface area contributed by atoms with Crippen LogP contribution in [0.2, 0.25) is 0 Å². The lowest BCUT2D eigenvalue weighted by molar-refractivity contribution is 0.186. The van der Waals surface area contributed by atoms with Gasteiger partial charge in [-0.1, -0.05) is 12.1 Å². The van der Waals surface area contributed by atoms with Crippen LogP contribution in [-0.2, 0) is 6.42 Å². The molecule has 0 fully saturated rings. The van der Waals surface area contributed by atoms with E-state index in [4.69, 9.17) is 9.15 Å². The first-order chi connectivity index (χ1) is 13.6. The number of aliphatic imine (C=N–C) groups is 1. The van der Waals surface area contributed by atoms with Gasteiger partial charge in [-0.2, -0.15) is 11.8 Å². The van der Waals surface area contributed by atoms with Gasteiger partial charge in [0.05, 0.1) is 25.0 Å². The molecule has 3 N–H and O–H groups in total. The third kappa shape index (κ3) is 8.27. The van der Waals surface area contributed by atoms with Crippen molar-refractivity contribution in [3.63, 3.8) is 0 Å². The average molecular weight is 406 g/mol. The number of hydrogen-bond acceptors (Lipinski definition) is 5. The van der Waals surface area contributed by atoms with Crippen molar-refractivity contribution in [1.29, 1.82) is 0 Å². The quantitative estimate of drug-likeness (QED) is 0.303. The number of benzene rings is 1. The predicted octanol–water partition coefficient (Wildman–Crippen LogP) is 3.24. The van der Waals surface area contributed by atoms with Gasteiger partial charge < -0.3 is 24.9 Å². The second-order valence-electron chi connectivity index (χ2n) is 6.62. The van der Waals surface area contributed by atoms with E-state index in [2.05, 4.69) is 21.9 Å². The number of nitrogens with zero attached hydrogens (tertiary/aromatic N) is 1. The van der Waals surface area contributed by atoms with E-state index in [9.17, 15) is 5.11 Å². The van der Waals surface area contributed by atoms with Gasteiger partial charge in [0.1, 0.15) is 11.5 Å². The standard InChI is InChI=1S/C21H31N3O3S/c1-16(2)27-19-8-6-17(7-9-19)20(25)15-24-21(23-12-14-28-3)22-11-10-18-5-4-13-26-18/h4-9,13,16,20,25H,10-12,14-15H2,1-3H3,(H2,22,23,24). The van der Waals surface area contributed by atoms with Gasteiger partial charge in [0.2, 0.25) is 0 Å². The normalized spacial score (nSPS) is 12.8. The summed E-state index contributed by atoms with van der Waals surface area (Å²) >= 11 is 1.77. The third-order valence-corrected chi connectivity index (χ3v) is 4.51. The molecule has 1 aromatic carbocycles. The van der Waals surface area contributed by atoms with Gasteiger partial charge in [0, 0.05) is 25.3 Å². The van der Waals surface area contributed by atoms with Gasteiger partial charge >= 0.3 is 0 Å². The smallest absolute Gasteiger partial charge is 0.191 e. The van der Waals surface area contributed by atoms with Crippen LogP contribution in [0.1, 0.15) is 31.3 Å². The fourth-order valence-electron chi connectivity index (χ4n) is 2.53. The molecule has 0 saturated heterocycles. The van der Waals surface area contributed by atoms with E-state index in [1.165, 1.54) is 0 Å². The largest absolute Gasteiger partial charge is 0.491 e. The van der Waals surface area contributed by atoms with Gasteiger partial charge in [-0.05, 0) is 49.9 Å². The highest BCUT2D eigenvalue weighted by molar-refractivity contribution is 7.98. The summed E-state index contributed by atoms with van der Waals surface area (Å²) in [6.45, 7) is 5.77. The molecule has 1 heterocycles. The van der Waals surface area contributed by atoms with E-state index in [0.717, 1.165) is 35.8 Å². The van der Waals surface area contributed by atoms with Crippen molar-refractivity contribution in [2.75, 3.05) is 31.6 Å². The summed E-state index contributed by atoms with van der Waals surface area (Å²) in [7, 11) is 0. The topological polar surface area (TPSA) is 79.0 Å². The number of guanidine groups is 1. The number of furan rings is 1. The molecule has 0 amide bonds. The summed E-state index contributed by atoms with van der Waals surface area (Å²) in [6, 6.07) is 11.3. The molecule has 7 heteroatoms. The van der Waals surface area contributed by atoms with Crippen LogP contribution in [0.15, 0.2) is 52.1 Å². The van der Waals surface area contributed by atoms with Gasteiger partial charge in [-0.25, -0.2) is 0 Å². The molecule has 0 radical (unpaired) electrons. The molecule has 28 heavy (non-hydrogen) atoms. The molecule has 1 unspecified atom stereocenters. The molecule has 2 rings (SSSR count). The van der Waals surface area contributed by atoms with Crippen LogP contribution in [0.5, 0.6) is 5.75 Å².